The van der Waals surface area contributed by atoms with Gasteiger partial charge in [0, 0.05) is 0 Å². The molecule has 4 rings (SSSR count). The Morgan fingerprint density at radius 2 is 1.23 bits per heavy atom. The molecule has 0 aromatic heterocycles. The summed E-state index contributed by atoms with van der Waals surface area (Å²) in [5.74, 6) is 1.16. The van der Waals surface area contributed by atoms with Gasteiger partial charge >= 0.3 is 195 Å². The van der Waals surface area contributed by atoms with Crippen LogP contribution in [0, 0.1) is 0 Å². The van der Waals surface area contributed by atoms with Crippen molar-refractivity contribution in [2.24, 2.45) is 0 Å². The molecule has 3 aromatic rings. The van der Waals surface area contributed by atoms with Crippen molar-refractivity contribution >= 4 is 36.7 Å². The SMILES string of the molecule is CC(C)=CCOC1=C(P(Br)(c2ccccc2)(c2ccccc2)c2ccccc2)CCC1. The van der Waals surface area contributed by atoms with Crippen LogP contribution in [0.25, 0.3) is 0 Å². The van der Waals surface area contributed by atoms with Gasteiger partial charge in [-0.3, -0.25) is 0 Å². The minimum atomic E-state index is -3.11. The summed E-state index contributed by atoms with van der Waals surface area (Å²) in [7, 11) is 0. The molecule has 0 atom stereocenters. The van der Waals surface area contributed by atoms with Crippen molar-refractivity contribution in [1.82, 2.24) is 0 Å². The van der Waals surface area contributed by atoms with Crippen molar-refractivity contribution in [3.05, 3.63) is 114 Å². The molecule has 1 nitrogen and oxygen atoms in total. The first-order valence-corrected chi connectivity index (χ1v) is 15.2. The number of hydrogen-bond donors (Lipinski definition) is 0. The van der Waals surface area contributed by atoms with E-state index >= 15 is 0 Å². The van der Waals surface area contributed by atoms with Crippen LogP contribution >= 0.6 is 20.8 Å². The first-order valence-electron chi connectivity index (χ1n) is 10.9. The van der Waals surface area contributed by atoms with E-state index in [0.29, 0.717) is 6.61 Å². The molecule has 3 aromatic carbocycles. The molecule has 3 heteroatoms. The second-order valence-electron chi connectivity index (χ2n) is 8.33. The summed E-state index contributed by atoms with van der Waals surface area (Å²) in [6, 6.07) is 32.9. The Balaban J connectivity index is 2.07. The molecular formula is C28H30BrOP. The molecule has 0 radical (unpaired) electrons. The number of rotatable bonds is 7. The molecule has 0 fully saturated rings. The van der Waals surface area contributed by atoms with Crippen LogP contribution in [-0.4, -0.2) is 6.61 Å². The molecule has 0 aliphatic heterocycles. The summed E-state index contributed by atoms with van der Waals surface area (Å²) in [6.45, 7) is 4.87. The second-order valence-corrected chi connectivity index (χ2v) is 16.7. The van der Waals surface area contributed by atoms with Crippen LogP contribution in [0.3, 0.4) is 0 Å². The van der Waals surface area contributed by atoms with Gasteiger partial charge in [-0.15, -0.1) is 0 Å². The molecule has 0 bridgehead atoms. The third-order valence-corrected chi connectivity index (χ3v) is 16.4. The van der Waals surface area contributed by atoms with Crippen LogP contribution in [0.4, 0.5) is 0 Å². The zero-order valence-electron chi connectivity index (χ0n) is 18.3. The average Bonchev–Trinajstić information content (AvgIpc) is 3.30. The Kier molecular flexibility index (Phi) is 6.51. The van der Waals surface area contributed by atoms with Gasteiger partial charge in [-0.05, 0) is 0 Å². The van der Waals surface area contributed by atoms with E-state index in [0.717, 1.165) is 25.0 Å². The van der Waals surface area contributed by atoms with Crippen LogP contribution in [0.1, 0.15) is 33.1 Å². The predicted octanol–water partition coefficient (Wildman–Crippen LogP) is 7.20. The van der Waals surface area contributed by atoms with Gasteiger partial charge in [0.05, 0.1) is 0 Å². The van der Waals surface area contributed by atoms with Crippen molar-refractivity contribution in [2.45, 2.75) is 33.1 Å². The van der Waals surface area contributed by atoms with Crippen molar-refractivity contribution in [2.75, 3.05) is 6.61 Å². The Morgan fingerprint density at radius 1 is 0.774 bits per heavy atom. The zero-order valence-corrected chi connectivity index (χ0v) is 20.8. The standard InChI is InChI=1S/C28H30BrOP/c1-23(2)21-22-30-27-19-12-20-28(27)31(29,24-13-6-3-7-14-24,25-15-8-4-9-16-25)26-17-10-5-11-18-26/h3-11,13-18,21H,12,19-20,22H2,1-2H3. The van der Waals surface area contributed by atoms with Crippen LogP contribution in [0.5, 0.6) is 0 Å². The number of hydrogen-bond acceptors (Lipinski definition) is 1. The van der Waals surface area contributed by atoms with E-state index in [4.69, 9.17) is 4.74 Å². The van der Waals surface area contributed by atoms with Crippen LogP contribution < -0.4 is 15.9 Å². The first-order chi connectivity index (χ1) is 15.1. The molecule has 0 unspecified atom stereocenters. The molecule has 1 aliphatic carbocycles. The fourth-order valence-electron chi connectivity index (χ4n) is 4.65. The number of allylic oxidation sites excluding steroid dienone is 3. The van der Waals surface area contributed by atoms with Gasteiger partial charge in [0.15, 0.2) is 0 Å². The van der Waals surface area contributed by atoms with E-state index in [9.17, 15) is 0 Å². The monoisotopic (exact) mass is 492 g/mol. The quantitative estimate of drug-likeness (QED) is 0.250. The fraction of sp³-hybridized carbons (Fsp3) is 0.214. The average molecular weight is 493 g/mol. The summed E-state index contributed by atoms with van der Waals surface area (Å²) >= 11 is 4.58. The topological polar surface area (TPSA) is 9.23 Å². The summed E-state index contributed by atoms with van der Waals surface area (Å²) < 4.78 is 6.47. The van der Waals surface area contributed by atoms with Gasteiger partial charge in [0.25, 0.3) is 0 Å². The molecule has 0 amide bonds. The van der Waals surface area contributed by atoms with E-state index in [1.165, 1.54) is 26.8 Å². The second kappa shape index (κ2) is 9.15. The van der Waals surface area contributed by atoms with Gasteiger partial charge in [-0.1, -0.05) is 0 Å². The third kappa shape index (κ3) is 3.81. The summed E-state index contributed by atoms with van der Waals surface area (Å²) in [5.41, 5.74) is 1.28. The van der Waals surface area contributed by atoms with E-state index in [-0.39, 0.29) is 0 Å². The van der Waals surface area contributed by atoms with E-state index in [1.807, 2.05) is 0 Å². The van der Waals surface area contributed by atoms with Gasteiger partial charge in [0.2, 0.25) is 0 Å². The molecule has 0 N–H and O–H groups in total. The molecule has 0 heterocycles. The molecule has 160 valence electrons. The molecule has 0 saturated carbocycles. The Hall–Kier alpha value is -2.15. The van der Waals surface area contributed by atoms with Crippen molar-refractivity contribution < 1.29 is 4.74 Å². The zero-order chi connectivity index (χ0) is 21.8. The van der Waals surface area contributed by atoms with Gasteiger partial charge < -0.3 is 0 Å². The maximum absolute atomic E-state index is 6.47. The van der Waals surface area contributed by atoms with Crippen LogP contribution in [0.2, 0.25) is 0 Å². The maximum atomic E-state index is 6.47. The summed E-state index contributed by atoms with van der Waals surface area (Å²) in [4.78, 5) is 0. The fourth-order valence-corrected chi connectivity index (χ4v) is 13.1. The van der Waals surface area contributed by atoms with E-state index in [1.54, 1.807) is 0 Å². The molecular weight excluding hydrogens is 463 g/mol. The summed E-state index contributed by atoms with van der Waals surface area (Å²) in [5, 5.41) is 2.29. The van der Waals surface area contributed by atoms with Crippen LogP contribution in [-0.2, 0) is 4.74 Å². The molecule has 31 heavy (non-hydrogen) atoms. The van der Waals surface area contributed by atoms with Gasteiger partial charge in [0.1, 0.15) is 0 Å². The summed E-state index contributed by atoms with van der Waals surface area (Å²) in [6.07, 6.45) is 5.31. The normalized spacial score (nSPS) is 15.3. The van der Waals surface area contributed by atoms with Crippen LogP contribution in [0.15, 0.2) is 114 Å². The number of ether oxygens (including phenoxy) is 1. The third-order valence-electron chi connectivity index (χ3n) is 6.12. The molecule has 0 spiro atoms. The van der Waals surface area contributed by atoms with E-state index < -0.39 is 5.31 Å². The van der Waals surface area contributed by atoms with Gasteiger partial charge in [-0.25, -0.2) is 0 Å². The van der Waals surface area contributed by atoms with Crippen molar-refractivity contribution in [3.8, 4) is 0 Å². The van der Waals surface area contributed by atoms with Crippen molar-refractivity contribution in [3.63, 3.8) is 0 Å². The van der Waals surface area contributed by atoms with E-state index in [2.05, 4.69) is 126 Å². The minimum absolute atomic E-state index is 0.624. The molecule has 0 saturated heterocycles. The Labute approximate surface area is 194 Å². The Morgan fingerprint density at radius 3 is 1.65 bits per heavy atom. The predicted molar refractivity (Wildman–Crippen MR) is 140 cm³/mol. The number of halogens is 1. The van der Waals surface area contributed by atoms with Crippen molar-refractivity contribution in [1.29, 1.82) is 0 Å². The Bertz CT molecular complexity index is 984. The number of benzene rings is 3. The first kappa shape index (κ1) is 22.1. The molecule has 1 aliphatic rings. The van der Waals surface area contributed by atoms with Gasteiger partial charge in [-0.2, -0.15) is 0 Å².